The molecule has 1 N–H and O–H groups in total. The summed E-state index contributed by atoms with van der Waals surface area (Å²) in [6, 6.07) is 9.03. The van der Waals surface area contributed by atoms with Gasteiger partial charge in [0.25, 0.3) is 0 Å². The van der Waals surface area contributed by atoms with Gasteiger partial charge in [-0.25, -0.2) is 0 Å². The standard InChI is InChI=1S/C19H33N/c1-7-15(2)12-18(14-20-19(4,5)6)13-17-10-8-16(3)9-11-17/h8-11,15,18,20H,7,12-14H2,1-6H3. The van der Waals surface area contributed by atoms with Crippen LogP contribution in [0.1, 0.15) is 58.6 Å². The molecule has 114 valence electrons. The summed E-state index contributed by atoms with van der Waals surface area (Å²) in [6.07, 6.45) is 3.78. The molecular formula is C19H33N. The van der Waals surface area contributed by atoms with E-state index in [2.05, 4.69) is 71.1 Å². The Morgan fingerprint density at radius 3 is 2.20 bits per heavy atom. The summed E-state index contributed by atoms with van der Waals surface area (Å²) in [4.78, 5) is 0. The number of rotatable bonds is 7. The van der Waals surface area contributed by atoms with Gasteiger partial charge in [-0.15, -0.1) is 0 Å². The second-order valence-electron chi connectivity index (χ2n) is 7.44. The lowest BCUT2D eigenvalue weighted by molar-refractivity contribution is 0.320. The van der Waals surface area contributed by atoms with E-state index in [-0.39, 0.29) is 5.54 Å². The maximum absolute atomic E-state index is 3.68. The highest BCUT2D eigenvalue weighted by Crippen LogP contribution is 2.20. The SMILES string of the molecule is CCC(C)CC(CNC(C)(C)C)Cc1ccc(C)cc1. The number of hydrogen-bond acceptors (Lipinski definition) is 1. The van der Waals surface area contributed by atoms with Gasteiger partial charge in [-0.3, -0.25) is 0 Å². The molecule has 0 fully saturated rings. The highest BCUT2D eigenvalue weighted by atomic mass is 14.9. The molecule has 0 spiro atoms. The van der Waals surface area contributed by atoms with Crippen molar-refractivity contribution < 1.29 is 0 Å². The highest BCUT2D eigenvalue weighted by Gasteiger charge is 2.16. The summed E-state index contributed by atoms with van der Waals surface area (Å²) in [6.45, 7) is 14.7. The monoisotopic (exact) mass is 275 g/mol. The first-order valence-electron chi connectivity index (χ1n) is 8.10. The summed E-state index contributed by atoms with van der Waals surface area (Å²) in [5.74, 6) is 1.54. The molecule has 0 aromatic heterocycles. The van der Waals surface area contributed by atoms with E-state index in [0.29, 0.717) is 0 Å². The van der Waals surface area contributed by atoms with Crippen LogP contribution in [0.15, 0.2) is 24.3 Å². The van der Waals surface area contributed by atoms with Gasteiger partial charge in [-0.05, 0) is 64.5 Å². The van der Waals surface area contributed by atoms with E-state index in [4.69, 9.17) is 0 Å². The van der Waals surface area contributed by atoms with E-state index in [1.54, 1.807) is 0 Å². The number of hydrogen-bond donors (Lipinski definition) is 1. The van der Waals surface area contributed by atoms with Crippen molar-refractivity contribution in [1.82, 2.24) is 5.32 Å². The summed E-state index contributed by atoms with van der Waals surface area (Å²) >= 11 is 0. The van der Waals surface area contributed by atoms with Gasteiger partial charge in [0.15, 0.2) is 0 Å². The van der Waals surface area contributed by atoms with Crippen molar-refractivity contribution in [2.45, 2.75) is 66.3 Å². The van der Waals surface area contributed by atoms with Gasteiger partial charge in [-0.1, -0.05) is 50.1 Å². The minimum atomic E-state index is 0.209. The Morgan fingerprint density at radius 1 is 1.10 bits per heavy atom. The third-order valence-electron chi connectivity index (χ3n) is 4.00. The van der Waals surface area contributed by atoms with Crippen LogP contribution in [0, 0.1) is 18.8 Å². The van der Waals surface area contributed by atoms with Gasteiger partial charge >= 0.3 is 0 Å². The molecule has 0 bridgehead atoms. The number of nitrogens with one attached hydrogen (secondary N) is 1. The maximum Gasteiger partial charge on any atom is 0.00966 e. The molecule has 0 saturated carbocycles. The minimum Gasteiger partial charge on any atom is -0.312 e. The van der Waals surface area contributed by atoms with Crippen molar-refractivity contribution in [3.63, 3.8) is 0 Å². The first-order chi connectivity index (χ1) is 9.30. The maximum atomic E-state index is 3.68. The van der Waals surface area contributed by atoms with Crippen LogP contribution in [0.2, 0.25) is 0 Å². The molecule has 0 radical (unpaired) electrons. The van der Waals surface area contributed by atoms with Crippen molar-refractivity contribution in [1.29, 1.82) is 0 Å². The Balaban J connectivity index is 2.63. The fourth-order valence-corrected chi connectivity index (χ4v) is 2.48. The quantitative estimate of drug-likeness (QED) is 0.740. The van der Waals surface area contributed by atoms with E-state index < -0.39 is 0 Å². The molecule has 0 amide bonds. The van der Waals surface area contributed by atoms with E-state index >= 15 is 0 Å². The zero-order chi connectivity index (χ0) is 15.2. The lowest BCUT2D eigenvalue weighted by Crippen LogP contribution is -2.40. The molecule has 1 aromatic carbocycles. The van der Waals surface area contributed by atoms with E-state index in [0.717, 1.165) is 18.4 Å². The van der Waals surface area contributed by atoms with Crippen molar-refractivity contribution in [3.05, 3.63) is 35.4 Å². The molecule has 1 heteroatoms. The van der Waals surface area contributed by atoms with E-state index in [1.165, 1.54) is 30.4 Å². The smallest absolute Gasteiger partial charge is 0.00966 e. The van der Waals surface area contributed by atoms with Crippen LogP contribution in [0.5, 0.6) is 0 Å². The Kier molecular flexibility index (Phi) is 6.75. The lowest BCUT2D eigenvalue weighted by Gasteiger charge is -2.27. The molecule has 1 aromatic rings. The molecular weight excluding hydrogens is 242 g/mol. The average Bonchev–Trinajstić information content (AvgIpc) is 2.37. The molecule has 1 rings (SSSR count). The fraction of sp³-hybridized carbons (Fsp3) is 0.684. The highest BCUT2D eigenvalue weighted by molar-refractivity contribution is 5.21. The average molecular weight is 275 g/mol. The Morgan fingerprint density at radius 2 is 1.70 bits per heavy atom. The topological polar surface area (TPSA) is 12.0 Å². The third-order valence-corrected chi connectivity index (χ3v) is 4.00. The van der Waals surface area contributed by atoms with Gasteiger partial charge in [0.1, 0.15) is 0 Å². The molecule has 0 aliphatic rings. The van der Waals surface area contributed by atoms with E-state index in [1.807, 2.05) is 0 Å². The Bertz CT molecular complexity index is 372. The van der Waals surface area contributed by atoms with Crippen molar-refractivity contribution in [3.8, 4) is 0 Å². The summed E-state index contributed by atoms with van der Waals surface area (Å²) < 4.78 is 0. The van der Waals surface area contributed by atoms with Gasteiger partial charge in [-0.2, -0.15) is 0 Å². The largest absolute Gasteiger partial charge is 0.312 e. The minimum absolute atomic E-state index is 0.209. The third kappa shape index (κ3) is 7.09. The van der Waals surface area contributed by atoms with Crippen molar-refractivity contribution in [2.24, 2.45) is 11.8 Å². The molecule has 2 unspecified atom stereocenters. The second kappa shape index (κ2) is 7.83. The number of benzene rings is 1. The molecule has 1 nitrogen and oxygen atoms in total. The summed E-state index contributed by atoms with van der Waals surface area (Å²) in [5, 5.41) is 3.68. The summed E-state index contributed by atoms with van der Waals surface area (Å²) in [7, 11) is 0. The molecule has 20 heavy (non-hydrogen) atoms. The Hall–Kier alpha value is -0.820. The van der Waals surface area contributed by atoms with Gasteiger partial charge in [0.05, 0.1) is 0 Å². The molecule has 0 heterocycles. The van der Waals surface area contributed by atoms with Crippen LogP contribution in [0.4, 0.5) is 0 Å². The van der Waals surface area contributed by atoms with Crippen LogP contribution in [-0.4, -0.2) is 12.1 Å². The van der Waals surface area contributed by atoms with Crippen LogP contribution < -0.4 is 5.32 Å². The first kappa shape index (κ1) is 17.2. The van der Waals surface area contributed by atoms with Gasteiger partial charge in [0, 0.05) is 5.54 Å². The fourth-order valence-electron chi connectivity index (χ4n) is 2.48. The predicted molar refractivity (Wildman–Crippen MR) is 90.2 cm³/mol. The molecule has 2 atom stereocenters. The van der Waals surface area contributed by atoms with Crippen molar-refractivity contribution >= 4 is 0 Å². The molecule has 0 aliphatic heterocycles. The number of aryl methyl sites for hydroxylation is 1. The first-order valence-corrected chi connectivity index (χ1v) is 8.10. The van der Waals surface area contributed by atoms with Crippen LogP contribution in [0.25, 0.3) is 0 Å². The van der Waals surface area contributed by atoms with Crippen LogP contribution in [0.3, 0.4) is 0 Å². The van der Waals surface area contributed by atoms with Crippen LogP contribution in [-0.2, 0) is 6.42 Å². The van der Waals surface area contributed by atoms with Gasteiger partial charge in [0.2, 0.25) is 0 Å². The van der Waals surface area contributed by atoms with Gasteiger partial charge < -0.3 is 5.32 Å². The molecule has 0 saturated heterocycles. The molecule has 0 aliphatic carbocycles. The lowest BCUT2D eigenvalue weighted by atomic mass is 9.88. The zero-order valence-electron chi connectivity index (χ0n) is 14.3. The van der Waals surface area contributed by atoms with E-state index in [9.17, 15) is 0 Å². The second-order valence-corrected chi connectivity index (χ2v) is 7.44. The Labute approximate surface area is 126 Å². The predicted octanol–water partition coefficient (Wildman–Crippen LogP) is 4.98. The van der Waals surface area contributed by atoms with Crippen LogP contribution >= 0.6 is 0 Å². The van der Waals surface area contributed by atoms with Crippen molar-refractivity contribution in [2.75, 3.05) is 6.54 Å². The summed E-state index contributed by atoms with van der Waals surface area (Å²) in [5.41, 5.74) is 3.03. The zero-order valence-corrected chi connectivity index (χ0v) is 14.3. The normalized spacial score (nSPS) is 15.1.